The molecule has 1 aromatic rings. The molecule has 0 atom stereocenters. The quantitative estimate of drug-likeness (QED) is 0.438. The van der Waals surface area contributed by atoms with Gasteiger partial charge >= 0.3 is 0 Å². The van der Waals surface area contributed by atoms with Crippen LogP contribution in [0.2, 0.25) is 0 Å². The molecule has 0 aliphatic heterocycles. The predicted molar refractivity (Wildman–Crippen MR) is 37.4 cm³/mol. The third kappa shape index (κ3) is 1.60. The fourth-order valence-corrected chi connectivity index (χ4v) is 0.559. The zero-order valence-electron chi connectivity index (χ0n) is 5.26. The van der Waals surface area contributed by atoms with Crippen LogP contribution in [0.3, 0.4) is 0 Å². The molecule has 0 unspecified atom stereocenters. The Kier molecular flexibility index (Phi) is 1.90. The minimum absolute atomic E-state index is 1.00. The molecule has 3 heteroatoms. The number of aromatic amines is 1. The molecule has 9 heavy (non-hydrogen) atoms. The van der Waals surface area contributed by atoms with Crippen molar-refractivity contribution in [3.05, 3.63) is 24.0 Å². The predicted octanol–water partition coefficient (Wildman–Crippen LogP) is 0.568. The van der Waals surface area contributed by atoms with Crippen molar-refractivity contribution in [2.75, 3.05) is 7.05 Å². The zero-order valence-corrected chi connectivity index (χ0v) is 5.26. The van der Waals surface area contributed by atoms with E-state index in [0.29, 0.717) is 0 Å². The van der Waals surface area contributed by atoms with Crippen LogP contribution >= 0.6 is 0 Å². The molecule has 0 bridgehead atoms. The Morgan fingerprint density at radius 1 is 1.78 bits per heavy atom. The Morgan fingerprint density at radius 3 is 3.22 bits per heavy atom. The molecule has 0 radical (unpaired) electrons. The van der Waals surface area contributed by atoms with E-state index in [-0.39, 0.29) is 0 Å². The van der Waals surface area contributed by atoms with Gasteiger partial charge < -0.3 is 10.4 Å². The molecule has 0 aromatic carbocycles. The number of rotatable bonds is 2. The first-order chi connectivity index (χ1) is 4.43. The maximum absolute atomic E-state index is 3.81. The summed E-state index contributed by atoms with van der Waals surface area (Å²) in [4.78, 5) is 2.98. The highest BCUT2D eigenvalue weighted by molar-refractivity contribution is 5.76. The van der Waals surface area contributed by atoms with E-state index in [1.165, 1.54) is 0 Å². The fourth-order valence-electron chi connectivity index (χ4n) is 0.559. The van der Waals surface area contributed by atoms with Crippen LogP contribution in [-0.4, -0.2) is 18.2 Å². The largest absolute Gasteiger partial charge is 0.360 e. The van der Waals surface area contributed by atoms with E-state index in [1.54, 1.807) is 13.3 Å². The number of nitrogens with one attached hydrogen (secondary N) is 2. The second-order valence-electron chi connectivity index (χ2n) is 1.61. The Balaban J connectivity index is 2.57. The van der Waals surface area contributed by atoms with E-state index in [4.69, 9.17) is 0 Å². The van der Waals surface area contributed by atoms with Crippen molar-refractivity contribution in [1.29, 1.82) is 0 Å². The van der Waals surface area contributed by atoms with E-state index in [1.807, 2.05) is 18.3 Å². The first kappa shape index (κ1) is 5.88. The number of H-pyrrole nitrogens is 1. The molecule has 0 aliphatic carbocycles. The third-order valence-corrected chi connectivity index (χ3v) is 0.955. The summed E-state index contributed by atoms with van der Waals surface area (Å²) in [7, 11) is 1.76. The van der Waals surface area contributed by atoms with Crippen LogP contribution in [-0.2, 0) is 0 Å². The van der Waals surface area contributed by atoms with Crippen molar-refractivity contribution in [3.63, 3.8) is 0 Å². The highest BCUT2D eigenvalue weighted by Crippen LogP contribution is 1.87. The molecule has 2 N–H and O–H groups in total. The van der Waals surface area contributed by atoms with Gasteiger partial charge in [0.2, 0.25) is 0 Å². The second kappa shape index (κ2) is 2.91. The Hall–Kier alpha value is -1.25. The maximum atomic E-state index is 3.81. The summed E-state index contributed by atoms with van der Waals surface area (Å²) in [6.45, 7) is 0. The van der Waals surface area contributed by atoms with E-state index < -0.39 is 0 Å². The lowest BCUT2D eigenvalue weighted by molar-refractivity contribution is 0.907. The Labute approximate surface area is 53.8 Å². The minimum Gasteiger partial charge on any atom is -0.360 e. The van der Waals surface area contributed by atoms with Crippen LogP contribution in [0.25, 0.3) is 0 Å². The highest BCUT2D eigenvalue weighted by atomic mass is 15.3. The SMILES string of the molecule is CN/N=C/c1ccc[nH]1. The van der Waals surface area contributed by atoms with Gasteiger partial charge in [-0.2, -0.15) is 5.10 Å². The second-order valence-corrected chi connectivity index (χ2v) is 1.61. The summed E-state index contributed by atoms with van der Waals surface area (Å²) in [6.07, 6.45) is 3.58. The van der Waals surface area contributed by atoms with E-state index in [9.17, 15) is 0 Å². The average molecular weight is 123 g/mol. The van der Waals surface area contributed by atoms with Crippen LogP contribution in [0.15, 0.2) is 23.4 Å². The van der Waals surface area contributed by atoms with Crippen LogP contribution in [0.4, 0.5) is 0 Å². The molecule has 0 saturated heterocycles. The molecule has 0 amide bonds. The lowest BCUT2D eigenvalue weighted by atomic mass is 10.5. The summed E-state index contributed by atoms with van der Waals surface area (Å²) in [5.41, 5.74) is 3.66. The smallest absolute Gasteiger partial charge is 0.0702 e. The minimum atomic E-state index is 1.00. The van der Waals surface area contributed by atoms with Crippen LogP contribution in [0, 0.1) is 0 Å². The van der Waals surface area contributed by atoms with Gasteiger partial charge in [-0.05, 0) is 12.1 Å². The number of aromatic nitrogens is 1. The highest BCUT2D eigenvalue weighted by Gasteiger charge is 1.81. The topological polar surface area (TPSA) is 40.2 Å². The monoisotopic (exact) mass is 123 g/mol. The summed E-state index contributed by atoms with van der Waals surface area (Å²) in [5, 5.41) is 3.81. The first-order valence-corrected chi connectivity index (χ1v) is 2.76. The molecule has 1 heterocycles. The fraction of sp³-hybridized carbons (Fsp3) is 0.167. The van der Waals surface area contributed by atoms with Crippen molar-refractivity contribution in [1.82, 2.24) is 10.4 Å². The lowest BCUT2D eigenvalue weighted by Gasteiger charge is -1.83. The van der Waals surface area contributed by atoms with E-state index in [2.05, 4.69) is 15.5 Å². The van der Waals surface area contributed by atoms with E-state index in [0.717, 1.165) is 5.69 Å². The molecular formula is C6H9N3. The van der Waals surface area contributed by atoms with Gasteiger partial charge in [0.1, 0.15) is 0 Å². The van der Waals surface area contributed by atoms with Crippen LogP contribution < -0.4 is 5.43 Å². The normalized spacial score (nSPS) is 10.3. The first-order valence-electron chi connectivity index (χ1n) is 2.76. The molecule has 1 aromatic heterocycles. The number of nitrogens with zero attached hydrogens (tertiary/aromatic N) is 1. The average Bonchev–Trinajstić information content (AvgIpc) is 2.34. The van der Waals surface area contributed by atoms with Gasteiger partial charge in [0.15, 0.2) is 0 Å². The lowest BCUT2D eigenvalue weighted by Crippen LogP contribution is -1.94. The molecule has 0 aliphatic rings. The molecule has 1 rings (SSSR count). The van der Waals surface area contributed by atoms with Crippen molar-refractivity contribution in [3.8, 4) is 0 Å². The van der Waals surface area contributed by atoms with E-state index >= 15 is 0 Å². The molecule has 3 nitrogen and oxygen atoms in total. The standard InChI is InChI=1S/C6H9N3/c1-7-9-5-6-3-2-4-8-6/h2-5,7-8H,1H3/b9-5+. The molecule has 0 saturated carbocycles. The van der Waals surface area contributed by atoms with Gasteiger partial charge in [0.25, 0.3) is 0 Å². The Bertz CT molecular complexity index is 176. The van der Waals surface area contributed by atoms with Gasteiger partial charge in [-0.3, -0.25) is 0 Å². The van der Waals surface area contributed by atoms with Crippen LogP contribution in [0.5, 0.6) is 0 Å². The summed E-state index contributed by atoms with van der Waals surface area (Å²) in [5.74, 6) is 0. The molecule has 0 fully saturated rings. The van der Waals surface area contributed by atoms with Gasteiger partial charge in [-0.25, -0.2) is 0 Å². The summed E-state index contributed by atoms with van der Waals surface area (Å²) >= 11 is 0. The van der Waals surface area contributed by atoms with Crippen molar-refractivity contribution in [2.24, 2.45) is 5.10 Å². The van der Waals surface area contributed by atoms with Crippen molar-refractivity contribution in [2.45, 2.75) is 0 Å². The van der Waals surface area contributed by atoms with Gasteiger partial charge in [0.05, 0.1) is 11.9 Å². The number of hydrazone groups is 1. The van der Waals surface area contributed by atoms with Crippen molar-refractivity contribution < 1.29 is 0 Å². The van der Waals surface area contributed by atoms with Gasteiger partial charge in [-0.1, -0.05) is 0 Å². The Morgan fingerprint density at radius 2 is 2.67 bits per heavy atom. The van der Waals surface area contributed by atoms with Crippen molar-refractivity contribution >= 4 is 6.21 Å². The summed E-state index contributed by atoms with van der Waals surface area (Å²) < 4.78 is 0. The number of hydrogen-bond acceptors (Lipinski definition) is 2. The third-order valence-electron chi connectivity index (χ3n) is 0.955. The maximum Gasteiger partial charge on any atom is 0.0702 e. The number of hydrogen-bond donors (Lipinski definition) is 2. The molecule has 48 valence electrons. The molecular weight excluding hydrogens is 114 g/mol. The van der Waals surface area contributed by atoms with Gasteiger partial charge in [-0.15, -0.1) is 0 Å². The summed E-state index contributed by atoms with van der Waals surface area (Å²) in [6, 6.07) is 3.87. The van der Waals surface area contributed by atoms with Crippen LogP contribution in [0.1, 0.15) is 5.69 Å². The zero-order chi connectivity index (χ0) is 6.53. The molecule has 0 spiro atoms. The van der Waals surface area contributed by atoms with Gasteiger partial charge in [0, 0.05) is 13.2 Å².